The van der Waals surface area contributed by atoms with Crippen molar-refractivity contribution >= 4 is 11.7 Å². The van der Waals surface area contributed by atoms with E-state index in [-0.39, 0.29) is 18.1 Å². The van der Waals surface area contributed by atoms with Crippen LogP contribution in [0, 0.1) is 0 Å². The van der Waals surface area contributed by atoms with Gasteiger partial charge in [-0.2, -0.15) is 0 Å². The third kappa shape index (κ3) is 3.01. The van der Waals surface area contributed by atoms with E-state index in [1.54, 1.807) is 0 Å². The molecule has 1 aromatic carbocycles. The van der Waals surface area contributed by atoms with Gasteiger partial charge in [-0.15, -0.1) is 0 Å². The van der Waals surface area contributed by atoms with Crippen molar-refractivity contribution in [2.45, 2.75) is 32.4 Å². The Morgan fingerprint density at radius 3 is 3.00 bits per heavy atom. The van der Waals surface area contributed by atoms with Gasteiger partial charge in [-0.05, 0) is 25.5 Å². The molecule has 0 spiro atoms. The second-order valence-electron chi connectivity index (χ2n) is 4.47. The van der Waals surface area contributed by atoms with E-state index in [2.05, 4.69) is 5.32 Å². The lowest BCUT2D eigenvalue weighted by molar-refractivity contribution is -0.151. The zero-order valence-electron chi connectivity index (χ0n) is 10.8. The van der Waals surface area contributed by atoms with Crippen molar-refractivity contribution in [2.75, 3.05) is 18.5 Å². The molecule has 0 radical (unpaired) electrons. The van der Waals surface area contributed by atoms with Crippen molar-refractivity contribution in [3.8, 4) is 0 Å². The summed E-state index contributed by atoms with van der Waals surface area (Å²) in [5.41, 5.74) is 2.19. The van der Waals surface area contributed by atoms with Gasteiger partial charge in [0, 0.05) is 18.7 Å². The number of hydrogen-bond donors (Lipinski definition) is 1. The van der Waals surface area contributed by atoms with Gasteiger partial charge in [0.15, 0.2) is 0 Å². The van der Waals surface area contributed by atoms with E-state index in [1.807, 2.05) is 38.1 Å². The van der Waals surface area contributed by atoms with Gasteiger partial charge in [-0.3, -0.25) is 0 Å². The van der Waals surface area contributed by atoms with Crippen LogP contribution in [0.5, 0.6) is 0 Å². The predicted octanol–water partition coefficient (Wildman–Crippen LogP) is 1.99. The predicted molar refractivity (Wildman–Crippen MR) is 69.6 cm³/mol. The minimum absolute atomic E-state index is 0.206. The summed E-state index contributed by atoms with van der Waals surface area (Å²) in [5, 5.41) is 3.18. The molecule has 2 unspecified atom stereocenters. The summed E-state index contributed by atoms with van der Waals surface area (Å²) in [5.74, 6) is -0.210. The molecule has 1 N–H and O–H groups in total. The zero-order valence-corrected chi connectivity index (χ0v) is 10.8. The topological polar surface area (TPSA) is 47.6 Å². The molecule has 18 heavy (non-hydrogen) atoms. The fraction of sp³-hybridized carbons (Fsp3) is 0.500. The first-order valence-corrected chi connectivity index (χ1v) is 6.33. The van der Waals surface area contributed by atoms with E-state index in [9.17, 15) is 4.79 Å². The third-order valence-corrected chi connectivity index (χ3v) is 2.93. The van der Waals surface area contributed by atoms with Crippen LogP contribution in [0.3, 0.4) is 0 Å². The minimum Gasteiger partial charge on any atom is -0.459 e. The van der Waals surface area contributed by atoms with Crippen LogP contribution in [0.2, 0.25) is 0 Å². The Morgan fingerprint density at radius 2 is 2.28 bits per heavy atom. The van der Waals surface area contributed by atoms with E-state index >= 15 is 0 Å². The number of hydrogen-bond acceptors (Lipinski definition) is 4. The Labute approximate surface area is 107 Å². The number of nitrogens with one attached hydrogen (secondary N) is 1. The first kappa shape index (κ1) is 12.9. The van der Waals surface area contributed by atoms with Crippen LogP contribution in [-0.2, 0) is 20.7 Å². The molecule has 1 heterocycles. The molecule has 1 aromatic rings. The van der Waals surface area contributed by atoms with Crippen LogP contribution in [-0.4, -0.2) is 31.3 Å². The second-order valence-corrected chi connectivity index (χ2v) is 4.47. The Balaban J connectivity index is 1.85. The maximum Gasteiger partial charge on any atom is 0.329 e. The SMILES string of the molecule is CCOCC(C)OC(=O)C1Cc2ccccc2N1. The van der Waals surface area contributed by atoms with Gasteiger partial charge in [0.25, 0.3) is 0 Å². The van der Waals surface area contributed by atoms with Crippen LogP contribution in [0.25, 0.3) is 0 Å². The van der Waals surface area contributed by atoms with Crippen LogP contribution < -0.4 is 5.32 Å². The molecule has 0 amide bonds. The standard InChI is InChI=1S/C14H19NO3/c1-3-17-9-10(2)18-14(16)13-8-11-6-4-5-7-12(11)15-13/h4-7,10,13,15H,3,8-9H2,1-2H3. The minimum atomic E-state index is -0.272. The van der Waals surface area contributed by atoms with Crippen molar-refractivity contribution in [3.05, 3.63) is 29.8 Å². The number of anilines is 1. The van der Waals surface area contributed by atoms with Crippen molar-refractivity contribution in [1.29, 1.82) is 0 Å². The van der Waals surface area contributed by atoms with E-state index in [4.69, 9.17) is 9.47 Å². The average Bonchev–Trinajstić information content (AvgIpc) is 2.80. The van der Waals surface area contributed by atoms with Gasteiger partial charge in [-0.25, -0.2) is 4.79 Å². The molecule has 1 aliphatic heterocycles. The maximum absolute atomic E-state index is 11.9. The molecule has 0 aliphatic carbocycles. The monoisotopic (exact) mass is 249 g/mol. The summed E-state index contributed by atoms with van der Waals surface area (Å²) < 4.78 is 10.6. The van der Waals surface area contributed by atoms with E-state index in [0.717, 1.165) is 11.3 Å². The number of ether oxygens (including phenoxy) is 2. The summed E-state index contributed by atoms with van der Waals surface area (Å²) in [4.78, 5) is 11.9. The Morgan fingerprint density at radius 1 is 1.50 bits per heavy atom. The van der Waals surface area contributed by atoms with Gasteiger partial charge in [0.2, 0.25) is 0 Å². The lowest BCUT2D eigenvalue weighted by Crippen LogP contribution is -2.33. The van der Waals surface area contributed by atoms with Crippen molar-refractivity contribution in [3.63, 3.8) is 0 Å². The highest BCUT2D eigenvalue weighted by atomic mass is 16.6. The Bertz CT molecular complexity index is 394. The van der Waals surface area contributed by atoms with Crippen molar-refractivity contribution in [2.24, 2.45) is 0 Å². The molecule has 1 aliphatic rings. The lowest BCUT2D eigenvalue weighted by atomic mass is 10.1. The summed E-state index contributed by atoms with van der Waals surface area (Å²) in [6.07, 6.45) is 0.485. The van der Waals surface area contributed by atoms with Gasteiger partial charge < -0.3 is 14.8 Å². The maximum atomic E-state index is 11.9. The Kier molecular flexibility index (Phi) is 4.20. The van der Waals surface area contributed by atoms with E-state index < -0.39 is 0 Å². The number of carbonyl (C=O) groups is 1. The summed E-state index contributed by atoms with van der Waals surface area (Å²) in [6.45, 7) is 4.84. The van der Waals surface area contributed by atoms with Crippen LogP contribution >= 0.6 is 0 Å². The molecule has 2 rings (SSSR count). The number of para-hydroxylation sites is 1. The smallest absolute Gasteiger partial charge is 0.329 e. The molecular formula is C14H19NO3. The molecule has 4 nitrogen and oxygen atoms in total. The fourth-order valence-electron chi connectivity index (χ4n) is 2.04. The summed E-state index contributed by atoms with van der Waals surface area (Å²) in [6, 6.07) is 7.67. The highest BCUT2D eigenvalue weighted by Gasteiger charge is 2.28. The van der Waals surface area contributed by atoms with E-state index in [1.165, 1.54) is 0 Å². The van der Waals surface area contributed by atoms with Crippen LogP contribution in [0.15, 0.2) is 24.3 Å². The largest absolute Gasteiger partial charge is 0.459 e. The zero-order chi connectivity index (χ0) is 13.0. The second kappa shape index (κ2) is 5.87. The summed E-state index contributed by atoms with van der Waals surface area (Å²) in [7, 11) is 0. The third-order valence-electron chi connectivity index (χ3n) is 2.93. The first-order valence-electron chi connectivity index (χ1n) is 6.33. The van der Waals surface area contributed by atoms with Crippen molar-refractivity contribution in [1.82, 2.24) is 0 Å². The molecule has 0 saturated carbocycles. The lowest BCUT2D eigenvalue weighted by Gasteiger charge is -2.16. The van der Waals surface area contributed by atoms with Gasteiger partial charge in [0.1, 0.15) is 12.1 Å². The number of carbonyl (C=O) groups excluding carboxylic acids is 1. The van der Waals surface area contributed by atoms with Gasteiger partial charge >= 0.3 is 5.97 Å². The first-order chi connectivity index (χ1) is 8.70. The van der Waals surface area contributed by atoms with Crippen LogP contribution in [0.4, 0.5) is 5.69 Å². The number of benzene rings is 1. The fourth-order valence-corrected chi connectivity index (χ4v) is 2.04. The highest BCUT2D eigenvalue weighted by molar-refractivity contribution is 5.82. The molecule has 0 saturated heterocycles. The molecule has 0 bridgehead atoms. The Hall–Kier alpha value is -1.55. The van der Waals surface area contributed by atoms with E-state index in [0.29, 0.717) is 19.6 Å². The molecule has 0 aromatic heterocycles. The molecular weight excluding hydrogens is 230 g/mol. The summed E-state index contributed by atoms with van der Waals surface area (Å²) >= 11 is 0. The molecule has 0 fully saturated rings. The number of fused-ring (bicyclic) bond motifs is 1. The molecule has 4 heteroatoms. The normalized spacial score (nSPS) is 18.9. The van der Waals surface area contributed by atoms with Gasteiger partial charge in [-0.1, -0.05) is 18.2 Å². The number of esters is 1. The molecule has 98 valence electrons. The average molecular weight is 249 g/mol. The van der Waals surface area contributed by atoms with Crippen molar-refractivity contribution < 1.29 is 14.3 Å². The highest BCUT2D eigenvalue weighted by Crippen LogP contribution is 2.25. The quantitative estimate of drug-likeness (QED) is 0.811. The number of rotatable bonds is 5. The molecule has 2 atom stereocenters. The van der Waals surface area contributed by atoms with Crippen LogP contribution in [0.1, 0.15) is 19.4 Å². The van der Waals surface area contributed by atoms with Gasteiger partial charge in [0.05, 0.1) is 6.61 Å².